The fourth-order valence-electron chi connectivity index (χ4n) is 6.81. The number of hydrogen-bond donors (Lipinski definition) is 1. The normalized spacial score (nSPS) is 59.4. The molecule has 1 unspecified atom stereocenters. The Balaban J connectivity index is 1.58. The number of alkyl halides is 2. The largest absolute Gasteiger partial charge is 0.390 e. The van der Waals surface area contributed by atoms with E-state index in [4.69, 9.17) is 4.74 Å². The highest BCUT2D eigenvalue weighted by molar-refractivity contribution is 9.09. The predicted molar refractivity (Wildman–Crippen MR) is 105 cm³/mol. The molecule has 0 amide bonds. The first-order valence-corrected chi connectivity index (χ1v) is 11.5. The summed E-state index contributed by atoms with van der Waals surface area (Å²) in [5.74, 6) is 0.880. The SMILES string of the molecule is CC1(C)C[C@]2(CC[C@@H]1Br)OC2[C@@H]1CC[C@]2(C)[C@@H](Br)CC[C@@](C)(O)[C@@H]12. The summed E-state index contributed by atoms with van der Waals surface area (Å²) in [6.45, 7) is 9.23. The minimum Gasteiger partial charge on any atom is -0.390 e. The molecule has 0 aromatic heterocycles. The van der Waals surface area contributed by atoms with Crippen molar-refractivity contribution in [1.29, 1.82) is 0 Å². The fourth-order valence-corrected chi connectivity index (χ4v) is 7.95. The van der Waals surface area contributed by atoms with E-state index in [0.717, 1.165) is 19.3 Å². The van der Waals surface area contributed by atoms with Gasteiger partial charge in [-0.3, -0.25) is 0 Å². The quantitative estimate of drug-likeness (QED) is 0.414. The van der Waals surface area contributed by atoms with Crippen LogP contribution in [0.2, 0.25) is 0 Å². The molecule has 1 spiro atoms. The van der Waals surface area contributed by atoms with E-state index in [-0.39, 0.29) is 11.0 Å². The van der Waals surface area contributed by atoms with E-state index in [1.807, 2.05) is 0 Å². The first-order chi connectivity index (χ1) is 11.0. The Morgan fingerprint density at radius 1 is 0.917 bits per heavy atom. The van der Waals surface area contributed by atoms with Gasteiger partial charge >= 0.3 is 0 Å². The monoisotopic (exact) mass is 462 g/mol. The van der Waals surface area contributed by atoms with Gasteiger partial charge in [-0.05, 0) is 74.5 Å². The molecule has 0 aromatic rings. The first-order valence-electron chi connectivity index (χ1n) is 9.70. The van der Waals surface area contributed by atoms with Crippen LogP contribution >= 0.6 is 31.9 Å². The number of ether oxygens (including phenoxy) is 1. The molecule has 4 rings (SSSR count). The average Bonchev–Trinajstić information content (AvgIpc) is 3.01. The van der Waals surface area contributed by atoms with E-state index in [0.29, 0.717) is 33.0 Å². The number of rotatable bonds is 1. The summed E-state index contributed by atoms with van der Waals surface area (Å²) in [7, 11) is 0. The minimum absolute atomic E-state index is 0.0963. The van der Waals surface area contributed by atoms with Crippen molar-refractivity contribution in [2.75, 3.05) is 0 Å². The third-order valence-corrected chi connectivity index (χ3v) is 11.3. The number of fused-ring (bicyclic) bond motifs is 1. The number of epoxide rings is 1. The Hall–Kier alpha value is 0.880. The van der Waals surface area contributed by atoms with Crippen LogP contribution in [0.5, 0.6) is 0 Å². The van der Waals surface area contributed by atoms with Gasteiger partial charge in [0.25, 0.3) is 0 Å². The van der Waals surface area contributed by atoms with Crippen molar-refractivity contribution in [2.45, 2.75) is 99.6 Å². The topological polar surface area (TPSA) is 32.8 Å². The highest BCUT2D eigenvalue weighted by Crippen LogP contribution is 2.67. The maximum atomic E-state index is 11.2. The summed E-state index contributed by atoms with van der Waals surface area (Å²) in [5.41, 5.74) is 0.0537. The van der Waals surface area contributed by atoms with Crippen molar-refractivity contribution in [3.8, 4) is 0 Å². The van der Waals surface area contributed by atoms with E-state index in [1.54, 1.807) is 0 Å². The van der Waals surface area contributed by atoms with Gasteiger partial charge in [-0.25, -0.2) is 0 Å². The van der Waals surface area contributed by atoms with Gasteiger partial charge in [0, 0.05) is 9.65 Å². The maximum Gasteiger partial charge on any atom is 0.0957 e. The molecule has 4 aliphatic rings. The van der Waals surface area contributed by atoms with E-state index >= 15 is 0 Å². The Morgan fingerprint density at radius 3 is 2.25 bits per heavy atom. The van der Waals surface area contributed by atoms with E-state index in [2.05, 4.69) is 59.6 Å². The molecule has 4 heteroatoms. The van der Waals surface area contributed by atoms with Crippen LogP contribution in [0.3, 0.4) is 0 Å². The first kappa shape index (κ1) is 18.3. The molecule has 0 radical (unpaired) electrons. The summed E-state index contributed by atoms with van der Waals surface area (Å²) in [4.78, 5) is 1.13. The zero-order valence-electron chi connectivity index (χ0n) is 15.4. The molecule has 3 saturated carbocycles. The van der Waals surface area contributed by atoms with Crippen LogP contribution in [0.15, 0.2) is 0 Å². The van der Waals surface area contributed by atoms with Gasteiger partial charge in [0.1, 0.15) is 0 Å². The van der Waals surface area contributed by atoms with Crippen LogP contribution < -0.4 is 0 Å². The molecule has 138 valence electrons. The van der Waals surface area contributed by atoms with Crippen LogP contribution in [-0.4, -0.2) is 32.1 Å². The summed E-state index contributed by atoms with van der Waals surface area (Å²) < 4.78 is 6.49. The second kappa shape index (κ2) is 5.45. The molecular formula is C20H32Br2O2. The molecule has 1 heterocycles. The predicted octanol–water partition coefficient (Wildman–Crippen LogP) is 5.44. The maximum absolute atomic E-state index is 11.2. The lowest BCUT2D eigenvalue weighted by molar-refractivity contribution is -0.0959. The van der Waals surface area contributed by atoms with Gasteiger partial charge < -0.3 is 9.84 Å². The fraction of sp³-hybridized carbons (Fsp3) is 1.00. The summed E-state index contributed by atoms with van der Waals surface area (Å²) in [5, 5.41) is 11.2. The van der Waals surface area contributed by atoms with Crippen LogP contribution in [0.1, 0.15) is 72.6 Å². The van der Waals surface area contributed by atoms with E-state index < -0.39 is 5.60 Å². The molecule has 0 aromatic carbocycles. The van der Waals surface area contributed by atoms with Gasteiger partial charge in [-0.2, -0.15) is 0 Å². The highest BCUT2D eigenvalue weighted by Gasteiger charge is 2.69. The third kappa shape index (κ3) is 2.52. The van der Waals surface area contributed by atoms with Crippen LogP contribution in [0.4, 0.5) is 0 Å². The van der Waals surface area contributed by atoms with Gasteiger partial charge in [-0.1, -0.05) is 52.6 Å². The Labute approximate surface area is 163 Å². The average molecular weight is 464 g/mol. The van der Waals surface area contributed by atoms with Crippen molar-refractivity contribution < 1.29 is 9.84 Å². The standard InChI is InChI=1S/C20H32Br2O2/c1-17(2)11-20(10-7-13(17)21)16(24-20)12-5-8-18(3)14(22)6-9-19(4,23)15(12)18/h12-16,23H,5-11H2,1-4H3/t12-,13+,14+,15+,16?,18-,19-,20+/m1/s1. The number of hydrogen-bond acceptors (Lipinski definition) is 2. The van der Waals surface area contributed by atoms with Crippen molar-refractivity contribution in [1.82, 2.24) is 0 Å². The second-order valence-corrected chi connectivity index (χ2v) is 12.5. The van der Waals surface area contributed by atoms with Gasteiger partial charge in [0.05, 0.1) is 17.3 Å². The molecular weight excluding hydrogens is 432 g/mol. The molecule has 2 nitrogen and oxygen atoms in total. The van der Waals surface area contributed by atoms with Crippen molar-refractivity contribution in [3.05, 3.63) is 0 Å². The molecule has 1 saturated heterocycles. The second-order valence-electron chi connectivity index (χ2n) is 10.3. The molecule has 0 bridgehead atoms. The third-order valence-electron chi connectivity index (χ3n) is 8.08. The van der Waals surface area contributed by atoms with E-state index in [9.17, 15) is 5.11 Å². The molecule has 3 aliphatic carbocycles. The summed E-state index contributed by atoms with van der Waals surface area (Å²) in [6, 6.07) is 0. The van der Waals surface area contributed by atoms with Gasteiger partial charge in [0.2, 0.25) is 0 Å². The van der Waals surface area contributed by atoms with Crippen molar-refractivity contribution in [2.24, 2.45) is 22.7 Å². The Bertz CT molecular complexity index is 534. The Kier molecular flexibility index (Phi) is 4.15. The summed E-state index contributed by atoms with van der Waals surface area (Å²) in [6.07, 6.45) is 8.33. The Morgan fingerprint density at radius 2 is 1.58 bits per heavy atom. The number of halogens is 2. The van der Waals surface area contributed by atoms with Crippen LogP contribution in [0.25, 0.3) is 0 Å². The molecule has 1 aliphatic heterocycles. The minimum atomic E-state index is -0.546. The lowest BCUT2D eigenvalue weighted by atomic mass is 9.59. The number of aliphatic hydroxyl groups is 1. The lowest BCUT2D eigenvalue weighted by Crippen LogP contribution is -2.53. The van der Waals surface area contributed by atoms with Crippen LogP contribution in [-0.2, 0) is 4.74 Å². The molecule has 8 atom stereocenters. The molecule has 24 heavy (non-hydrogen) atoms. The molecule has 1 N–H and O–H groups in total. The smallest absolute Gasteiger partial charge is 0.0957 e. The van der Waals surface area contributed by atoms with Crippen molar-refractivity contribution >= 4 is 31.9 Å². The lowest BCUT2D eigenvalue weighted by Gasteiger charge is -2.51. The van der Waals surface area contributed by atoms with Crippen LogP contribution in [0, 0.1) is 22.7 Å². The van der Waals surface area contributed by atoms with E-state index in [1.165, 1.54) is 25.7 Å². The highest BCUT2D eigenvalue weighted by atomic mass is 79.9. The van der Waals surface area contributed by atoms with Gasteiger partial charge in [0.15, 0.2) is 0 Å². The van der Waals surface area contributed by atoms with Gasteiger partial charge in [-0.15, -0.1) is 0 Å². The zero-order chi connectivity index (χ0) is 17.5. The zero-order valence-corrected chi connectivity index (χ0v) is 18.6. The summed E-state index contributed by atoms with van der Waals surface area (Å²) >= 11 is 7.84. The van der Waals surface area contributed by atoms with Crippen molar-refractivity contribution in [3.63, 3.8) is 0 Å². The molecule has 4 fully saturated rings.